The molecule has 0 saturated heterocycles. The molecule has 2 atom stereocenters. The van der Waals surface area contributed by atoms with Gasteiger partial charge in [0, 0.05) is 6.42 Å². The Bertz CT molecular complexity index is 755. The Labute approximate surface area is 273 Å². The van der Waals surface area contributed by atoms with E-state index in [1.54, 1.807) is 6.08 Å². The van der Waals surface area contributed by atoms with Crippen LogP contribution in [0.2, 0.25) is 0 Å². The molecule has 0 aromatic rings. The van der Waals surface area contributed by atoms with Crippen molar-refractivity contribution >= 4 is 16.0 Å². The van der Waals surface area contributed by atoms with Gasteiger partial charge in [-0.15, -0.1) is 0 Å². The monoisotopic (exact) mass is 644 g/mol. The lowest BCUT2D eigenvalue weighted by Crippen LogP contribution is -2.46. The molecule has 1 amide bonds. The summed E-state index contributed by atoms with van der Waals surface area (Å²) in [6, 6.07) is -1.05. The van der Waals surface area contributed by atoms with Crippen LogP contribution in [-0.2, 0) is 14.9 Å². The van der Waals surface area contributed by atoms with Gasteiger partial charge < -0.3 is 10.4 Å². The number of hydrogen-bond acceptors (Lipinski definition) is 4. The maximum Gasteiger partial charge on any atom is 0.267 e. The van der Waals surface area contributed by atoms with Gasteiger partial charge in [0.05, 0.1) is 17.9 Å². The number of amides is 1. The molecule has 0 saturated carbocycles. The molecule has 0 heterocycles. The third kappa shape index (κ3) is 32.5. The molecule has 7 heteroatoms. The normalized spacial score (nSPS) is 13.5. The Morgan fingerprint density at radius 3 is 1.30 bits per heavy atom. The summed E-state index contributed by atoms with van der Waals surface area (Å²) in [6.45, 7) is 4.51. The van der Waals surface area contributed by atoms with E-state index in [2.05, 4.69) is 19.2 Å². The molecule has 0 radical (unpaired) electrons. The van der Waals surface area contributed by atoms with Gasteiger partial charge in [0.25, 0.3) is 10.1 Å². The molecule has 0 rings (SSSR count). The fourth-order valence-electron chi connectivity index (χ4n) is 5.86. The molecule has 2 unspecified atom stereocenters. The minimum atomic E-state index is -4.33. The third-order valence-electron chi connectivity index (χ3n) is 8.71. The van der Waals surface area contributed by atoms with Crippen molar-refractivity contribution in [3.05, 3.63) is 12.2 Å². The lowest BCUT2D eigenvalue weighted by Gasteiger charge is -2.21. The number of allylic oxidation sites excluding steroid dienone is 1. The van der Waals surface area contributed by atoms with Gasteiger partial charge in [-0.1, -0.05) is 187 Å². The minimum absolute atomic E-state index is 0.277. The zero-order chi connectivity index (χ0) is 32.6. The van der Waals surface area contributed by atoms with Gasteiger partial charge >= 0.3 is 0 Å². The molecular formula is C37H73NO5S. The number of rotatable bonds is 34. The Kier molecular flexibility index (Phi) is 31.4. The van der Waals surface area contributed by atoms with Crippen molar-refractivity contribution < 1.29 is 22.9 Å². The van der Waals surface area contributed by atoms with E-state index in [9.17, 15) is 22.9 Å². The summed E-state index contributed by atoms with van der Waals surface area (Å²) in [6.07, 6.45) is 37.6. The van der Waals surface area contributed by atoms with Crippen LogP contribution in [0.5, 0.6) is 0 Å². The van der Waals surface area contributed by atoms with Crippen molar-refractivity contribution in [3.8, 4) is 0 Å². The number of nitrogens with one attached hydrogen (secondary N) is 1. The fraction of sp³-hybridized carbons (Fsp3) is 0.919. The largest absolute Gasteiger partial charge is 0.387 e. The molecule has 262 valence electrons. The molecule has 6 nitrogen and oxygen atoms in total. The zero-order valence-electron chi connectivity index (χ0n) is 29.1. The highest BCUT2D eigenvalue weighted by atomic mass is 32.2. The van der Waals surface area contributed by atoms with Gasteiger partial charge in [-0.2, -0.15) is 8.42 Å². The molecule has 0 aliphatic carbocycles. The van der Waals surface area contributed by atoms with Crippen LogP contribution in [0.1, 0.15) is 200 Å². The first-order valence-corrected chi connectivity index (χ1v) is 20.5. The maximum absolute atomic E-state index is 12.4. The molecular weight excluding hydrogens is 570 g/mol. The summed E-state index contributed by atoms with van der Waals surface area (Å²) < 4.78 is 32.4. The first kappa shape index (κ1) is 43.1. The standard InChI is InChI=1S/C37H73NO5S/c1-3-5-7-9-11-13-15-17-18-19-21-22-24-26-28-30-32-36(39)35(34-44(41,42)43)38-37(40)33-31-29-27-25-23-20-16-14-12-10-8-6-4-2/h30,32,35-36,39H,3-29,31,33-34H2,1-2H3,(H,38,40)(H,41,42,43)/b32-30+. The van der Waals surface area contributed by atoms with Crippen LogP contribution in [0, 0.1) is 0 Å². The van der Waals surface area contributed by atoms with Crippen molar-refractivity contribution in [2.24, 2.45) is 0 Å². The average molecular weight is 644 g/mol. The second kappa shape index (κ2) is 32.0. The lowest BCUT2D eigenvalue weighted by molar-refractivity contribution is -0.122. The minimum Gasteiger partial charge on any atom is -0.387 e. The van der Waals surface area contributed by atoms with Crippen molar-refractivity contribution in [1.82, 2.24) is 5.32 Å². The predicted molar refractivity (Wildman–Crippen MR) is 189 cm³/mol. The smallest absolute Gasteiger partial charge is 0.267 e. The summed E-state index contributed by atoms with van der Waals surface area (Å²) in [5.74, 6) is -0.969. The summed E-state index contributed by atoms with van der Waals surface area (Å²) in [5.41, 5.74) is 0. The molecule has 0 aromatic heterocycles. The van der Waals surface area contributed by atoms with Crippen molar-refractivity contribution in [3.63, 3.8) is 0 Å². The van der Waals surface area contributed by atoms with Crippen LogP contribution in [-0.4, -0.2) is 41.9 Å². The van der Waals surface area contributed by atoms with Crippen LogP contribution in [0.15, 0.2) is 12.2 Å². The first-order chi connectivity index (χ1) is 21.3. The quantitative estimate of drug-likeness (QED) is 0.0368. The van der Waals surface area contributed by atoms with E-state index in [1.165, 1.54) is 141 Å². The molecule has 0 spiro atoms. The Hall–Kier alpha value is -0.920. The van der Waals surface area contributed by atoms with Crippen LogP contribution in [0.4, 0.5) is 0 Å². The predicted octanol–water partition coefficient (Wildman–Crippen LogP) is 10.6. The van der Waals surface area contributed by atoms with Gasteiger partial charge in [-0.25, -0.2) is 0 Å². The summed E-state index contributed by atoms with van der Waals surface area (Å²) in [7, 11) is -4.33. The maximum atomic E-state index is 12.4. The van der Waals surface area contributed by atoms with Crippen molar-refractivity contribution in [1.29, 1.82) is 0 Å². The van der Waals surface area contributed by atoms with Gasteiger partial charge in [0.15, 0.2) is 0 Å². The lowest BCUT2D eigenvalue weighted by atomic mass is 10.0. The van der Waals surface area contributed by atoms with E-state index in [0.717, 1.165) is 38.5 Å². The average Bonchev–Trinajstić information content (AvgIpc) is 2.98. The van der Waals surface area contributed by atoms with Gasteiger partial charge in [-0.05, 0) is 19.3 Å². The number of hydrogen-bond donors (Lipinski definition) is 3. The molecule has 0 fully saturated rings. The van der Waals surface area contributed by atoms with E-state index in [-0.39, 0.29) is 5.91 Å². The van der Waals surface area contributed by atoms with E-state index in [4.69, 9.17) is 0 Å². The Balaban J connectivity index is 3.95. The van der Waals surface area contributed by atoms with Crippen LogP contribution >= 0.6 is 0 Å². The summed E-state index contributed by atoms with van der Waals surface area (Å²) >= 11 is 0. The molecule has 0 aliphatic heterocycles. The Morgan fingerprint density at radius 1 is 0.591 bits per heavy atom. The van der Waals surface area contributed by atoms with Crippen LogP contribution < -0.4 is 5.32 Å². The molecule has 0 aliphatic rings. The number of aliphatic hydroxyl groups excluding tert-OH is 1. The summed E-state index contributed by atoms with van der Waals surface area (Å²) in [5, 5.41) is 13.2. The fourth-order valence-corrected chi connectivity index (χ4v) is 6.60. The second-order valence-electron chi connectivity index (χ2n) is 13.2. The highest BCUT2D eigenvalue weighted by Crippen LogP contribution is 2.15. The second-order valence-corrected chi connectivity index (χ2v) is 14.7. The van der Waals surface area contributed by atoms with Crippen molar-refractivity contribution in [2.45, 2.75) is 212 Å². The van der Waals surface area contributed by atoms with Gasteiger partial charge in [0.2, 0.25) is 5.91 Å². The topological polar surface area (TPSA) is 104 Å². The molecule has 0 bridgehead atoms. The summed E-state index contributed by atoms with van der Waals surface area (Å²) in [4.78, 5) is 12.4. The molecule has 0 aromatic carbocycles. The Morgan fingerprint density at radius 2 is 0.932 bits per heavy atom. The van der Waals surface area contributed by atoms with Gasteiger partial charge in [0.1, 0.15) is 0 Å². The van der Waals surface area contributed by atoms with E-state index >= 15 is 0 Å². The van der Waals surface area contributed by atoms with E-state index < -0.39 is 28.0 Å². The van der Waals surface area contributed by atoms with Crippen LogP contribution in [0.3, 0.4) is 0 Å². The number of carbonyl (C=O) groups excluding carboxylic acids is 1. The van der Waals surface area contributed by atoms with Crippen LogP contribution in [0.25, 0.3) is 0 Å². The molecule has 3 N–H and O–H groups in total. The van der Waals surface area contributed by atoms with Crippen molar-refractivity contribution in [2.75, 3.05) is 5.75 Å². The van der Waals surface area contributed by atoms with Gasteiger partial charge in [-0.3, -0.25) is 9.35 Å². The zero-order valence-corrected chi connectivity index (χ0v) is 29.9. The number of aliphatic hydroxyl groups is 1. The third-order valence-corrected chi connectivity index (χ3v) is 9.49. The SMILES string of the molecule is CCCCCCCCCCCCCCCC/C=C/C(O)C(CS(=O)(=O)O)NC(=O)CCCCCCCCCCCCCCC. The highest BCUT2D eigenvalue weighted by molar-refractivity contribution is 7.85. The number of carbonyl (C=O) groups is 1. The molecule has 44 heavy (non-hydrogen) atoms. The number of unbranched alkanes of at least 4 members (excludes halogenated alkanes) is 26. The van der Waals surface area contributed by atoms with E-state index in [1.807, 2.05) is 6.08 Å². The first-order valence-electron chi connectivity index (χ1n) is 18.9. The van der Waals surface area contributed by atoms with E-state index in [0.29, 0.717) is 6.42 Å². The highest BCUT2D eigenvalue weighted by Gasteiger charge is 2.24.